The normalized spacial score (nSPS) is 37.4. The first-order chi connectivity index (χ1) is 9.10. The van der Waals surface area contributed by atoms with Crippen molar-refractivity contribution in [3.63, 3.8) is 0 Å². The zero-order valence-electron chi connectivity index (χ0n) is 13.2. The largest absolute Gasteiger partial charge is 0.308 e. The number of nitrogens with one attached hydrogen (secondary N) is 1. The van der Waals surface area contributed by atoms with E-state index in [4.69, 9.17) is 0 Å². The molecule has 3 fully saturated rings. The molecule has 2 atom stereocenters. The van der Waals surface area contributed by atoms with Crippen LogP contribution < -0.4 is 5.32 Å². The van der Waals surface area contributed by atoms with Gasteiger partial charge in [-0.25, -0.2) is 0 Å². The molecule has 1 heterocycles. The molecule has 1 aliphatic heterocycles. The van der Waals surface area contributed by atoms with E-state index in [0.717, 1.165) is 12.0 Å². The van der Waals surface area contributed by atoms with Crippen molar-refractivity contribution in [1.82, 2.24) is 10.2 Å². The summed E-state index contributed by atoms with van der Waals surface area (Å²) in [6.45, 7) is 9.82. The lowest BCUT2D eigenvalue weighted by atomic mass is 9.75. The van der Waals surface area contributed by atoms with Crippen molar-refractivity contribution in [3.8, 4) is 0 Å². The smallest absolute Gasteiger partial charge is 0.0337 e. The number of piperazine rings is 1. The molecule has 110 valence electrons. The third-order valence-electron chi connectivity index (χ3n) is 6.31. The molecule has 2 nitrogen and oxygen atoms in total. The van der Waals surface area contributed by atoms with Gasteiger partial charge >= 0.3 is 0 Å². The molecule has 2 heteroatoms. The highest BCUT2D eigenvalue weighted by Gasteiger charge is 2.51. The fourth-order valence-corrected chi connectivity index (χ4v) is 4.56. The molecule has 0 aromatic heterocycles. The minimum Gasteiger partial charge on any atom is -0.308 e. The summed E-state index contributed by atoms with van der Waals surface area (Å²) in [6, 6.07) is 0.748. The van der Waals surface area contributed by atoms with Crippen LogP contribution in [0.25, 0.3) is 0 Å². The summed E-state index contributed by atoms with van der Waals surface area (Å²) < 4.78 is 0. The van der Waals surface area contributed by atoms with E-state index >= 15 is 0 Å². The third-order valence-corrected chi connectivity index (χ3v) is 6.31. The summed E-state index contributed by atoms with van der Waals surface area (Å²) >= 11 is 0. The molecule has 0 radical (unpaired) electrons. The fraction of sp³-hybridized carbons (Fsp3) is 1.00. The summed E-state index contributed by atoms with van der Waals surface area (Å²) in [4.78, 5) is 2.92. The van der Waals surface area contributed by atoms with Crippen molar-refractivity contribution in [2.24, 2.45) is 5.92 Å². The second kappa shape index (κ2) is 5.04. The Kier molecular flexibility index (Phi) is 3.68. The summed E-state index contributed by atoms with van der Waals surface area (Å²) in [7, 11) is 0. The molecule has 0 aromatic carbocycles. The van der Waals surface area contributed by atoms with Crippen molar-refractivity contribution < 1.29 is 0 Å². The van der Waals surface area contributed by atoms with E-state index < -0.39 is 0 Å². The Hall–Kier alpha value is -0.0800. The van der Waals surface area contributed by atoms with Crippen LogP contribution in [0.4, 0.5) is 0 Å². The van der Waals surface area contributed by atoms with Crippen molar-refractivity contribution in [3.05, 3.63) is 0 Å². The van der Waals surface area contributed by atoms with Gasteiger partial charge < -0.3 is 5.32 Å². The predicted octanol–water partition coefficient (Wildman–Crippen LogP) is 3.56. The molecule has 1 saturated heterocycles. The minimum absolute atomic E-state index is 0.395. The predicted molar refractivity (Wildman–Crippen MR) is 81.4 cm³/mol. The molecule has 1 spiro atoms. The molecule has 1 N–H and O–H groups in total. The van der Waals surface area contributed by atoms with Gasteiger partial charge in [0.2, 0.25) is 0 Å². The lowest BCUT2D eigenvalue weighted by molar-refractivity contribution is -0.0456. The van der Waals surface area contributed by atoms with Gasteiger partial charge in [0.25, 0.3) is 0 Å². The van der Waals surface area contributed by atoms with Crippen molar-refractivity contribution in [2.75, 3.05) is 13.1 Å². The van der Waals surface area contributed by atoms with Crippen LogP contribution >= 0.6 is 0 Å². The summed E-state index contributed by atoms with van der Waals surface area (Å²) in [5.41, 5.74) is 0.883. The molecule has 3 rings (SSSR count). The molecule has 0 aromatic rings. The van der Waals surface area contributed by atoms with E-state index in [1.165, 1.54) is 64.5 Å². The van der Waals surface area contributed by atoms with E-state index in [9.17, 15) is 0 Å². The number of nitrogens with zero attached hydrogens (tertiary/aromatic N) is 1. The Morgan fingerprint density at radius 1 is 1.21 bits per heavy atom. The van der Waals surface area contributed by atoms with Crippen LogP contribution in [-0.2, 0) is 0 Å². The van der Waals surface area contributed by atoms with E-state index in [-0.39, 0.29) is 0 Å². The Bertz CT molecular complexity index is 317. The van der Waals surface area contributed by atoms with Gasteiger partial charge in [-0.1, -0.05) is 26.2 Å². The Morgan fingerprint density at radius 2 is 1.89 bits per heavy atom. The van der Waals surface area contributed by atoms with Crippen LogP contribution in [0, 0.1) is 5.92 Å². The quantitative estimate of drug-likeness (QED) is 0.838. The zero-order valence-corrected chi connectivity index (χ0v) is 13.2. The SMILES string of the molecule is CCC(C)N1CC(C)(C2CC2)NCC12CCCCC2. The third kappa shape index (κ3) is 2.47. The second-order valence-electron chi connectivity index (χ2n) is 7.72. The minimum atomic E-state index is 0.395. The van der Waals surface area contributed by atoms with Crippen LogP contribution in [-0.4, -0.2) is 35.1 Å². The topological polar surface area (TPSA) is 15.3 Å². The molecule has 0 bridgehead atoms. The second-order valence-corrected chi connectivity index (χ2v) is 7.72. The number of rotatable bonds is 3. The Labute approximate surface area is 119 Å². The van der Waals surface area contributed by atoms with Gasteiger partial charge in [0.1, 0.15) is 0 Å². The molecule has 2 aliphatic carbocycles. The van der Waals surface area contributed by atoms with Crippen LogP contribution in [0.3, 0.4) is 0 Å². The highest BCUT2D eigenvalue weighted by molar-refractivity contribution is 5.10. The maximum Gasteiger partial charge on any atom is 0.0337 e. The summed E-state index contributed by atoms with van der Waals surface area (Å²) in [5, 5.41) is 3.99. The highest BCUT2D eigenvalue weighted by atomic mass is 15.3. The van der Waals surface area contributed by atoms with Gasteiger partial charge in [-0.05, 0) is 51.9 Å². The molecule has 0 amide bonds. The van der Waals surface area contributed by atoms with Gasteiger partial charge in [0.05, 0.1) is 0 Å². The molecular formula is C17H32N2. The molecule has 2 saturated carbocycles. The molecule has 2 unspecified atom stereocenters. The van der Waals surface area contributed by atoms with Crippen LogP contribution in [0.5, 0.6) is 0 Å². The average molecular weight is 264 g/mol. The highest BCUT2D eigenvalue weighted by Crippen LogP contribution is 2.46. The summed E-state index contributed by atoms with van der Waals surface area (Å²) in [5.74, 6) is 0.944. The molecular weight excluding hydrogens is 232 g/mol. The monoisotopic (exact) mass is 264 g/mol. The van der Waals surface area contributed by atoms with E-state index in [0.29, 0.717) is 11.1 Å². The van der Waals surface area contributed by atoms with Crippen LogP contribution in [0.15, 0.2) is 0 Å². The van der Waals surface area contributed by atoms with Crippen molar-refractivity contribution in [1.29, 1.82) is 0 Å². The number of hydrogen-bond donors (Lipinski definition) is 1. The molecule has 19 heavy (non-hydrogen) atoms. The maximum atomic E-state index is 3.99. The van der Waals surface area contributed by atoms with Gasteiger partial charge in [-0.3, -0.25) is 4.90 Å². The van der Waals surface area contributed by atoms with Gasteiger partial charge in [0.15, 0.2) is 0 Å². The Balaban J connectivity index is 1.80. The number of hydrogen-bond acceptors (Lipinski definition) is 2. The maximum absolute atomic E-state index is 3.99. The van der Waals surface area contributed by atoms with E-state index in [1.54, 1.807) is 0 Å². The van der Waals surface area contributed by atoms with Gasteiger partial charge in [-0.2, -0.15) is 0 Å². The first-order valence-corrected chi connectivity index (χ1v) is 8.61. The Morgan fingerprint density at radius 3 is 2.47 bits per heavy atom. The van der Waals surface area contributed by atoms with Crippen molar-refractivity contribution >= 4 is 0 Å². The van der Waals surface area contributed by atoms with Gasteiger partial charge in [-0.15, -0.1) is 0 Å². The standard InChI is InChI=1S/C17H32N2/c1-4-14(2)19-13-16(3,15-8-9-15)18-12-17(19)10-6-5-7-11-17/h14-15,18H,4-13H2,1-3H3. The average Bonchev–Trinajstić information content (AvgIpc) is 3.27. The van der Waals surface area contributed by atoms with Crippen LogP contribution in [0.2, 0.25) is 0 Å². The lowest BCUT2D eigenvalue weighted by Crippen LogP contribution is -2.71. The fourth-order valence-electron chi connectivity index (χ4n) is 4.56. The molecule has 3 aliphatic rings. The summed E-state index contributed by atoms with van der Waals surface area (Å²) in [6.07, 6.45) is 11.4. The first-order valence-electron chi connectivity index (χ1n) is 8.61. The van der Waals surface area contributed by atoms with Crippen LogP contribution in [0.1, 0.15) is 72.1 Å². The van der Waals surface area contributed by atoms with E-state index in [1.807, 2.05) is 0 Å². The van der Waals surface area contributed by atoms with Crippen molar-refractivity contribution in [2.45, 2.75) is 89.3 Å². The van der Waals surface area contributed by atoms with E-state index in [2.05, 4.69) is 31.0 Å². The lowest BCUT2D eigenvalue weighted by Gasteiger charge is -2.57. The zero-order chi connectivity index (χ0) is 13.5. The van der Waals surface area contributed by atoms with Gasteiger partial charge in [0, 0.05) is 30.2 Å². The first kappa shape index (κ1) is 13.9.